The molecule has 0 bridgehead atoms. The van der Waals surface area contributed by atoms with Crippen LogP contribution in [0.1, 0.15) is 11.1 Å². The second-order valence-electron chi connectivity index (χ2n) is 6.38. The maximum Gasteiger partial charge on any atom is 0.232 e. The van der Waals surface area contributed by atoms with E-state index < -0.39 is 0 Å². The number of benzene rings is 2. The smallest absolute Gasteiger partial charge is 0.232 e. The molecule has 0 radical (unpaired) electrons. The normalized spacial score (nSPS) is 15.7. The molecule has 0 fully saturated rings. The van der Waals surface area contributed by atoms with Crippen molar-refractivity contribution in [3.63, 3.8) is 0 Å². The Morgan fingerprint density at radius 3 is 2.74 bits per heavy atom. The predicted molar refractivity (Wildman–Crippen MR) is 106 cm³/mol. The van der Waals surface area contributed by atoms with Crippen molar-refractivity contribution in [2.75, 3.05) is 11.9 Å². The molecule has 27 heavy (non-hydrogen) atoms. The second kappa shape index (κ2) is 7.62. The first-order valence-corrected chi connectivity index (χ1v) is 9.33. The van der Waals surface area contributed by atoms with E-state index in [9.17, 15) is 4.79 Å². The highest BCUT2D eigenvalue weighted by molar-refractivity contribution is 6.36. The first-order valence-electron chi connectivity index (χ1n) is 8.58. The lowest BCUT2D eigenvalue weighted by Crippen LogP contribution is -2.33. The van der Waals surface area contributed by atoms with Crippen molar-refractivity contribution < 1.29 is 9.53 Å². The largest absolute Gasteiger partial charge is 0.492 e. The van der Waals surface area contributed by atoms with Crippen LogP contribution in [0, 0.1) is 5.92 Å². The number of hydrogen-bond donors (Lipinski definition) is 1. The van der Waals surface area contributed by atoms with E-state index >= 15 is 0 Å². The van der Waals surface area contributed by atoms with E-state index in [4.69, 9.17) is 27.9 Å². The fourth-order valence-electron chi connectivity index (χ4n) is 3.12. The Kier molecular flexibility index (Phi) is 5.05. The molecule has 1 aliphatic heterocycles. The highest BCUT2D eigenvalue weighted by atomic mass is 35.5. The molecule has 0 saturated carbocycles. The molecule has 0 unspecified atom stereocenters. The lowest BCUT2D eigenvalue weighted by molar-refractivity contribution is -0.121. The third-order valence-electron chi connectivity index (χ3n) is 4.59. The lowest BCUT2D eigenvalue weighted by Gasteiger charge is -2.24. The summed E-state index contributed by atoms with van der Waals surface area (Å²) in [6.45, 7) is 0.721. The fourth-order valence-corrected chi connectivity index (χ4v) is 3.64. The highest BCUT2D eigenvalue weighted by Crippen LogP contribution is 2.28. The second-order valence-corrected chi connectivity index (χ2v) is 7.20. The molecule has 1 aliphatic rings. The minimum absolute atomic E-state index is 0.100. The van der Waals surface area contributed by atoms with Gasteiger partial charge in [0, 0.05) is 21.7 Å². The molecule has 0 aliphatic carbocycles. The van der Waals surface area contributed by atoms with Crippen LogP contribution >= 0.6 is 23.2 Å². The third kappa shape index (κ3) is 3.80. The summed E-state index contributed by atoms with van der Waals surface area (Å²) < 4.78 is 7.38. The highest BCUT2D eigenvalue weighted by Gasteiger charge is 2.26. The number of anilines is 1. The van der Waals surface area contributed by atoms with E-state index in [1.54, 1.807) is 35.1 Å². The Hall–Kier alpha value is -2.50. The van der Waals surface area contributed by atoms with Crippen LogP contribution in [0.2, 0.25) is 10.0 Å². The van der Waals surface area contributed by atoms with Crippen molar-refractivity contribution in [1.82, 2.24) is 9.78 Å². The fraction of sp³-hybridized carbons (Fsp3) is 0.200. The summed E-state index contributed by atoms with van der Waals surface area (Å²) in [7, 11) is 0. The molecule has 7 heteroatoms. The number of para-hydroxylation sites is 1. The number of nitrogens with one attached hydrogen (secondary N) is 1. The number of ether oxygens (including phenoxy) is 1. The van der Waals surface area contributed by atoms with E-state index in [0.29, 0.717) is 35.4 Å². The topological polar surface area (TPSA) is 56.2 Å². The Morgan fingerprint density at radius 2 is 1.93 bits per heavy atom. The van der Waals surface area contributed by atoms with Gasteiger partial charge in [0.15, 0.2) is 0 Å². The van der Waals surface area contributed by atoms with Crippen LogP contribution in [0.25, 0.3) is 0 Å². The number of carbonyl (C=O) groups excluding carboxylic acids is 1. The first kappa shape index (κ1) is 17.9. The van der Waals surface area contributed by atoms with E-state index in [1.807, 2.05) is 24.3 Å². The molecule has 3 aromatic rings. The molecule has 4 rings (SSSR count). The van der Waals surface area contributed by atoms with Crippen LogP contribution in [0.4, 0.5) is 5.82 Å². The van der Waals surface area contributed by atoms with Crippen molar-refractivity contribution >= 4 is 34.9 Å². The van der Waals surface area contributed by atoms with Gasteiger partial charge in [-0.25, -0.2) is 4.68 Å². The van der Waals surface area contributed by atoms with Crippen molar-refractivity contribution in [2.24, 2.45) is 5.92 Å². The summed E-state index contributed by atoms with van der Waals surface area (Å²) in [4.78, 5) is 12.7. The van der Waals surface area contributed by atoms with Crippen LogP contribution in [0.15, 0.2) is 54.7 Å². The van der Waals surface area contributed by atoms with Gasteiger partial charge in [0.2, 0.25) is 5.91 Å². The van der Waals surface area contributed by atoms with Crippen LogP contribution in [0.5, 0.6) is 5.75 Å². The van der Waals surface area contributed by atoms with E-state index in [2.05, 4.69) is 10.4 Å². The summed E-state index contributed by atoms with van der Waals surface area (Å²) in [5, 5.41) is 8.35. The van der Waals surface area contributed by atoms with Crippen molar-refractivity contribution in [3.05, 3.63) is 75.9 Å². The van der Waals surface area contributed by atoms with Gasteiger partial charge in [-0.15, -0.1) is 0 Å². The maximum absolute atomic E-state index is 12.7. The quantitative estimate of drug-likeness (QED) is 0.703. The van der Waals surface area contributed by atoms with Crippen molar-refractivity contribution in [3.8, 4) is 5.75 Å². The minimum atomic E-state index is -0.257. The summed E-state index contributed by atoms with van der Waals surface area (Å²) in [5.74, 6) is 1.08. The summed E-state index contributed by atoms with van der Waals surface area (Å²) >= 11 is 12.5. The average Bonchev–Trinajstić information content (AvgIpc) is 3.11. The van der Waals surface area contributed by atoms with Gasteiger partial charge in [-0.1, -0.05) is 47.5 Å². The number of carbonyl (C=O) groups is 1. The maximum atomic E-state index is 12.7. The molecule has 0 saturated heterocycles. The molecular formula is C20H17Cl2N3O2. The van der Waals surface area contributed by atoms with E-state index in [-0.39, 0.29) is 11.8 Å². The molecule has 1 atom stereocenters. The van der Waals surface area contributed by atoms with Gasteiger partial charge in [0.1, 0.15) is 18.2 Å². The predicted octanol–water partition coefficient (Wildman–Crippen LogP) is 4.43. The Morgan fingerprint density at radius 1 is 1.15 bits per heavy atom. The molecule has 5 nitrogen and oxygen atoms in total. The lowest BCUT2D eigenvalue weighted by atomic mass is 9.96. The van der Waals surface area contributed by atoms with Gasteiger partial charge < -0.3 is 10.1 Å². The molecule has 138 valence electrons. The first-order chi connectivity index (χ1) is 13.1. The molecule has 1 aromatic heterocycles. The van der Waals surface area contributed by atoms with Crippen molar-refractivity contribution in [1.29, 1.82) is 0 Å². The minimum Gasteiger partial charge on any atom is -0.492 e. The van der Waals surface area contributed by atoms with Gasteiger partial charge in [0.25, 0.3) is 0 Å². The molecule has 1 amide bonds. The third-order valence-corrected chi connectivity index (χ3v) is 5.30. The molecule has 2 aromatic carbocycles. The average molecular weight is 402 g/mol. The number of amides is 1. The molecule has 2 heterocycles. The Balaban J connectivity index is 1.48. The number of halogens is 2. The van der Waals surface area contributed by atoms with Crippen molar-refractivity contribution in [2.45, 2.75) is 13.0 Å². The zero-order valence-electron chi connectivity index (χ0n) is 14.4. The zero-order valence-corrected chi connectivity index (χ0v) is 15.9. The van der Waals surface area contributed by atoms with Gasteiger partial charge in [-0.2, -0.15) is 5.10 Å². The summed E-state index contributed by atoms with van der Waals surface area (Å²) in [6.07, 6.45) is 2.28. The van der Waals surface area contributed by atoms with Gasteiger partial charge in [-0.3, -0.25) is 4.79 Å². The number of hydrogen-bond acceptors (Lipinski definition) is 3. The standard InChI is InChI=1S/C20H17Cl2N3O2/c21-16-5-3-6-17(22)15(16)11-25-19(8-9-23-25)24-20(26)14-10-13-4-1-2-7-18(13)27-12-14/h1-9,14H,10-12H2,(H,24,26)/t14-/m1/s1. The SMILES string of the molecule is O=C(Nc1ccnn1Cc1c(Cl)cccc1Cl)[C@H]1COc2ccccc2C1. The van der Waals surface area contributed by atoms with Crippen LogP contribution in [-0.2, 0) is 17.8 Å². The number of nitrogens with zero attached hydrogens (tertiary/aromatic N) is 2. The van der Waals surface area contributed by atoms with E-state index in [1.165, 1.54) is 0 Å². The Bertz CT molecular complexity index is 967. The molecule has 0 spiro atoms. The summed E-state index contributed by atoms with van der Waals surface area (Å²) in [6, 6.07) is 14.9. The molecular weight excluding hydrogens is 385 g/mol. The summed E-state index contributed by atoms with van der Waals surface area (Å²) in [5.41, 5.74) is 1.80. The Labute approximate surface area is 166 Å². The number of aromatic nitrogens is 2. The van der Waals surface area contributed by atoms with Gasteiger partial charge in [-0.05, 0) is 30.2 Å². The zero-order chi connectivity index (χ0) is 18.8. The van der Waals surface area contributed by atoms with Crippen LogP contribution in [0.3, 0.4) is 0 Å². The van der Waals surface area contributed by atoms with Gasteiger partial charge in [0.05, 0.1) is 18.7 Å². The monoisotopic (exact) mass is 401 g/mol. The van der Waals surface area contributed by atoms with Crippen LogP contribution in [-0.4, -0.2) is 22.3 Å². The number of fused-ring (bicyclic) bond motifs is 1. The molecule has 1 N–H and O–H groups in total. The van der Waals surface area contributed by atoms with E-state index in [0.717, 1.165) is 16.9 Å². The van der Waals surface area contributed by atoms with Gasteiger partial charge >= 0.3 is 0 Å². The number of rotatable bonds is 4. The van der Waals surface area contributed by atoms with Crippen LogP contribution < -0.4 is 10.1 Å².